The predicted octanol–water partition coefficient (Wildman–Crippen LogP) is 6.56. The van der Waals surface area contributed by atoms with Crippen LogP contribution in [0, 0.1) is 0 Å². The molecule has 3 rings (SSSR count). The predicted molar refractivity (Wildman–Crippen MR) is 109 cm³/mol. The maximum Gasteiger partial charge on any atom is 0.416 e. The molecule has 0 amide bonds. The van der Waals surface area contributed by atoms with E-state index in [9.17, 15) is 35.9 Å². The lowest BCUT2D eigenvalue weighted by Crippen LogP contribution is -2.10. The van der Waals surface area contributed by atoms with E-state index < -0.39 is 35.4 Å². The third kappa shape index (κ3) is 6.71. The van der Waals surface area contributed by atoms with Gasteiger partial charge < -0.3 is 9.47 Å². The quantitative estimate of drug-likeness (QED) is 0.180. The van der Waals surface area contributed by atoms with Crippen LogP contribution in [0.1, 0.15) is 27.0 Å². The minimum atomic E-state index is -4.55. The summed E-state index contributed by atoms with van der Waals surface area (Å²) >= 11 is 0. The van der Waals surface area contributed by atoms with Gasteiger partial charge in [-0.3, -0.25) is 0 Å². The zero-order valence-electron chi connectivity index (χ0n) is 17.0. The lowest BCUT2D eigenvalue weighted by Gasteiger charge is -2.09. The molecular weight excluding hydrogens is 466 g/mol. The maximum absolute atomic E-state index is 12.8. The van der Waals surface area contributed by atoms with E-state index in [4.69, 9.17) is 9.47 Å². The Morgan fingerprint density at radius 3 is 1.88 bits per heavy atom. The lowest BCUT2D eigenvalue weighted by atomic mass is 10.1. The highest BCUT2D eigenvalue weighted by atomic mass is 19.4. The summed E-state index contributed by atoms with van der Waals surface area (Å²) in [5.41, 5.74) is -1.79. The molecule has 4 nitrogen and oxygen atoms in total. The largest absolute Gasteiger partial charge is 0.423 e. The SMILES string of the molecule is O=C(/C=C/c1cccc(C(F)(F)F)c1)Oc1cccc(OC(=O)c2ccc(C(F)(F)F)cc2)c1. The minimum absolute atomic E-state index is 0.0311. The molecule has 0 unspecified atom stereocenters. The minimum Gasteiger partial charge on any atom is -0.423 e. The standard InChI is InChI=1S/C24H14F6O4/c25-23(26,27)17-10-8-16(9-11-17)22(32)34-20-6-2-5-19(14-20)33-21(31)12-7-15-3-1-4-18(13-15)24(28,29)30/h1-14H/b12-7+. The van der Waals surface area contributed by atoms with E-state index in [1.165, 1.54) is 36.4 Å². The van der Waals surface area contributed by atoms with Gasteiger partial charge in [0.2, 0.25) is 0 Å². The number of benzene rings is 3. The Bertz CT molecular complexity index is 1210. The molecule has 0 fully saturated rings. The van der Waals surface area contributed by atoms with E-state index in [1.54, 1.807) is 0 Å². The van der Waals surface area contributed by atoms with Gasteiger partial charge >= 0.3 is 24.3 Å². The third-order valence-electron chi connectivity index (χ3n) is 4.31. The van der Waals surface area contributed by atoms with Gasteiger partial charge in [0.15, 0.2) is 0 Å². The highest BCUT2D eigenvalue weighted by Crippen LogP contribution is 2.30. The fraction of sp³-hybridized carbons (Fsp3) is 0.0833. The highest BCUT2D eigenvalue weighted by molar-refractivity contribution is 5.91. The van der Waals surface area contributed by atoms with Gasteiger partial charge in [-0.05, 0) is 60.2 Å². The molecule has 0 aliphatic rings. The molecule has 0 spiro atoms. The molecule has 3 aromatic carbocycles. The second kappa shape index (κ2) is 9.82. The molecule has 0 aliphatic carbocycles. The molecule has 0 radical (unpaired) electrons. The Labute approximate surface area is 189 Å². The molecule has 0 aromatic heterocycles. The Hall–Kier alpha value is -4.08. The van der Waals surface area contributed by atoms with Crippen LogP contribution in [-0.2, 0) is 17.1 Å². The highest BCUT2D eigenvalue weighted by Gasteiger charge is 2.31. The third-order valence-corrected chi connectivity index (χ3v) is 4.31. The number of carbonyl (C=O) groups is 2. The van der Waals surface area contributed by atoms with Crippen molar-refractivity contribution in [3.8, 4) is 11.5 Å². The summed E-state index contributed by atoms with van der Waals surface area (Å²) in [6, 6.07) is 13.1. The van der Waals surface area contributed by atoms with Crippen molar-refractivity contribution in [1.29, 1.82) is 0 Å². The first-order chi connectivity index (χ1) is 15.9. The van der Waals surface area contributed by atoms with Crippen molar-refractivity contribution in [2.45, 2.75) is 12.4 Å². The normalized spacial score (nSPS) is 11.9. The summed E-state index contributed by atoms with van der Waals surface area (Å²) in [6.45, 7) is 0. The molecule has 0 saturated carbocycles. The summed E-state index contributed by atoms with van der Waals surface area (Å²) in [4.78, 5) is 24.2. The van der Waals surface area contributed by atoms with E-state index >= 15 is 0 Å². The van der Waals surface area contributed by atoms with Crippen molar-refractivity contribution >= 4 is 18.0 Å². The average molecular weight is 480 g/mol. The van der Waals surface area contributed by atoms with Crippen molar-refractivity contribution in [1.82, 2.24) is 0 Å². The van der Waals surface area contributed by atoms with Crippen LogP contribution >= 0.6 is 0 Å². The Morgan fingerprint density at radius 2 is 1.26 bits per heavy atom. The summed E-state index contributed by atoms with van der Waals surface area (Å²) in [5.74, 6) is -1.90. The molecule has 34 heavy (non-hydrogen) atoms. The smallest absolute Gasteiger partial charge is 0.416 e. The van der Waals surface area contributed by atoms with Gasteiger partial charge in [0.1, 0.15) is 11.5 Å². The van der Waals surface area contributed by atoms with Crippen molar-refractivity contribution in [2.75, 3.05) is 0 Å². The lowest BCUT2D eigenvalue weighted by molar-refractivity contribution is -0.138. The van der Waals surface area contributed by atoms with Crippen LogP contribution in [0.25, 0.3) is 6.08 Å². The molecule has 0 atom stereocenters. The average Bonchev–Trinajstić information content (AvgIpc) is 2.77. The number of hydrogen-bond acceptors (Lipinski definition) is 4. The van der Waals surface area contributed by atoms with Gasteiger partial charge in [-0.1, -0.05) is 18.2 Å². The van der Waals surface area contributed by atoms with Crippen molar-refractivity contribution in [3.63, 3.8) is 0 Å². The Kier molecular flexibility index (Phi) is 7.09. The van der Waals surface area contributed by atoms with E-state index in [0.29, 0.717) is 0 Å². The van der Waals surface area contributed by atoms with Crippen molar-refractivity contribution in [2.24, 2.45) is 0 Å². The molecular formula is C24H14F6O4. The first-order valence-electron chi connectivity index (χ1n) is 9.48. The van der Waals surface area contributed by atoms with E-state index in [1.807, 2.05) is 0 Å². The number of carbonyl (C=O) groups excluding carboxylic acids is 2. The molecule has 0 saturated heterocycles. The zero-order chi connectivity index (χ0) is 24.9. The fourth-order valence-corrected chi connectivity index (χ4v) is 2.70. The van der Waals surface area contributed by atoms with Gasteiger partial charge in [0.05, 0.1) is 16.7 Å². The van der Waals surface area contributed by atoms with Crippen LogP contribution < -0.4 is 9.47 Å². The van der Waals surface area contributed by atoms with Crippen LogP contribution in [0.2, 0.25) is 0 Å². The molecule has 0 bridgehead atoms. The van der Waals surface area contributed by atoms with Gasteiger partial charge in [0.25, 0.3) is 0 Å². The second-order valence-corrected chi connectivity index (χ2v) is 6.82. The number of halogens is 6. The van der Waals surface area contributed by atoms with E-state index in [2.05, 4.69) is 0 Å². The number of esters is 2. The second-order valence-electron chi connectivity index (χ2n) is 6.82. The maximum atomic E-state index is 12.8. The molecule has 176 valence electrons. The van der Waals surface area contributed by atoms with E-state index in [0.717, 1.165) is 48.6 Å². The van der Waals surface area contributed by atoms with Gasteiger partial charge in [-0.2, -0.15) is 26.3 Å². The fourth-order valence-electron chi connectivity index (χ4n) is 2.70. The molecule has 0 aliphatic heterocycles. The summed E-state index contributed by atoms with van der Waals surface area (Å²) in [6.07, 6.45) is -7.00. The molecule has 3 aromatic rings. The number of rotatable bonds is 5. The Balaban J connectivity index is 1.63. The zero-order valence-corrected chi connectivity index (χ0v) is 17.0. The topological polar surface area (TPSA) is 52.6 Å². The van der Waals surface area contributed by atoms with Gasteiger partial charge in [-0.25, -0.2) is 9.59 Å². The number of hydrogen-bond donors (Lipinski definition) is 0. The number of alkyl halides is 6. The van der Waals surface area contributed by atoms with Crippen molar-refractivity contribution in [3.05, 3.63) is 101 Å². The van der Waals surface area contributed by atoms with Crippen LogP contribution in [0.15, 0.2) is 78.9 Å². The number of ether oxygens (including phenoxy) is 2. The van der Waals surface area contributed by atoms with E-state index in [-0.39, 0.29) is 22.6 Å². The Morgan fingerprint density at radius 1 is 0.676 bits per heavy atom. The van der Waals surface area contributed by atoms with Crippen LogP contribution in [0.3, 0.4) is 0 Å². The molecule has 0 N–H and O–H groups in total. The van der Waals surface area contributed by atoms with Crippen LogP contribution in [-0.4, -0.2) is 11.9 Å². The van der Waals surface area contributed by atoms with Gasteiger partial charge in [-0.15, -0.1) is 0 Å². The molecule has 10 heteroatoms. The first-order valence-corrected chi connectivity index (χ1v) is 9.48. The first kappa shape index (κ1) is 24.6. The molecule has 0 heterocycles. The van der Waals surface area contributed by atoms with Crippen molar-refractivity contribution < 1.29 is 45.4 Å². The summed E-state index contributed by atoms with van der Waals surface area (Å²) < 4.78 is 86.3. The monoisotopic (exact) mass is 480 g/mol. The van der Waals surface area contributed by atoms with Crippen LogP contribution in [0.5, 0.6) is 11.5 Å². The van der Waals surface area contributed by atoms with Crippen LogP contribution in [0.4, 0.5) is 26.3 Å². The summed E-state index contributed by atoms with van der Waals surface area (Å²) in [5, 5.41) is 0. The summed E-state index contributed by atoms with van der Waals surface area (Å²) in [7, 11) is 0. The van der Waals surface area contributed by atoms with Gasteiger partial charge in [0, 0.05) is 12.1 Å².